The van der Waals surface area contributed by atoms with Crippen LogP contribution >= 0.6 is 0 Å². The molecule has 3 aromatic rings. The second kappa shape index (κ2) is 7.60. The minimum atomic E-state index is -0.159. The number of nitrogens with zero attached hydrogens (tertiary/aromatic N) is 2. The lowest BCUT2D eigenvalue weighted by Crippen LogP contribution is -2.24. The predicted octanol–water partition coefficient (Wildman–Crippen LogP) is 7.55. The fourth-order valence-corrected chi connectivity index (χ4v) is 5.31. The number of rotatable bonds is 3. The van der Waals surface area contributed by atoms with Gasteiger partial charge < -0.3 is 0 Å². The molecule has 4 rings (SSSR count). The van der Waals surface area contributed by atoms with Crippen LogP contribution < -0.4 is 0 Å². The zero-order chi connectivity index (χ0) is 24.2. The van der Waals surface area contributed by atoms with Crippen molar-refractivity contribution in [1.82, 2.24) is 0 Å². The van der Waals surface area contributed by atoms with Gasteiger partial charge in [0, 0.05) is 5.41 Å². The van der Waals surface area contributed by atoms with Crippen molar-refractivity contribution >= 4 is 0 Å². The second-order valence-electron chi connectivity index (χ2n) is 11.5. The Kier molecular flexibility index (Phi) is 5.26. The molecule has 0 N–H and O–H groups in total. The molecule has 1 aliphatic carbocycles. The SMILES string of the molecule is CC(C)(C)c1cccc(CC(C)(C)c2ccc3c(c2)C(C)(C)c2cc(C#N)ccc2-3)c1C#N. The van der Waals surface area contributed by atoms with Crippen LogP contribution in [0.25, 0.3) is 11.1 Å². The van der Waals surface area contributed by atoms with E-state index in [0.717, 1.165) is 23.1 Å². The molecule has 0 aromatic heterocycles. The predicted molar refractivity (Wildman–Crippen MR) is 135 cm³/mol. The zero-order valence-corrected chi connectivity index (χ0v) is 20.8. The molecule has 0 aliphatic heterocycles. The van der Waals surface area contributed by atoms with Crippen LogP contribution in [-0.4, -0.2) is 0 Å². The third kappa shape index (κ3) is 3.75. The molecule has 2 nitrogen and oxygen atoms in total. The lowest BCUT2D eigenvalue weighted by Gasteiger charge is -2.30. The first-order valence-corrected chi connectivity index (χ1v) is 11.6. The summed E-state index contributed by atoms with van der Waals surface area (Å²) in [5, 5.41) is 19.4. The molecule has 0 saturated heterocycles. The molecule has 0 bridgehead atoms. The first-order chi connectivity index (χ1) is 15.4. The summed E-state index contributed by atoms with van der Waals surface area (Å²) in [5.41, 5.74) is 9.65. The quantitative estimate of drug-likeness (QED) is 0.429. The van der Waals surface area contributed by atoms with Crippen LogP contribution in [0.1, 0.15) is 87.4 Å². The summed E-state index contributed by atoms with van der Waals surface area (Å²) in [6, 6.07) is 23.9. The number of fused-ring (bicyclic) bond motifs is 3. The van der Waals surface area contributed by atoms with Gasteiger partial charge >= 0.3 is 0 Å². The zero-order valence-electron chi connectivity index (χ0n) is 20.8. The van der Waals surface area contributed by atoms with E-state index in [1.165, 1.54) is 27.8 Å². The van der Waals surface area contributed by atoms with Crippen LogP contribution in [-0.2, 0) is 22.7 Å². The molecule has 0 atom stereocenters. The third-order valence-corrected chi connectivity index (χ3v) is 7.29. The van der Waals surface area contributed by atoms with Gasteiger partial charge in [-0.1, -0.05) is 90.9 Å². The third-order valence-electron chi connectivity index (χ3n) is 7.29. The number of nitriles is 2. The lowest BCUT2D eigenvalue weighted by molar-refractivity contribution is 0.517. The maximum Gasteiger partial charge on any atom is 0.0997 e. The Bertz CT molecular complexity index is 1330. The Labute approximate surface area is 198 Å². The number of benzene rings is 3. The van der Waals surface area contributed by atoms with Gasteiger partial charge in [0.25, 0.3) is 0 Å². The van der Waals surface area contributed by atoms with Gasteiger partial charge in [-0.15, -0.1) is 0 Å². The molecule has 33 heavy (non-hydrogen) atoms. The van der Waals surface area contributed by atoms with E-state index in [0.29, 0.717) is 5.56 Å². The van der Waals surface area contributed by atoms with Gasteiger partial charge in [0.05, 0.1) is 23.3 Å². The molecule has 0 saturated carbocycles. The highest BCUT2D eigenvalue weighted by atomic mass is 14.4. The van der Waals surface area contributed by atoms with Crippen molar-refractivity contribution < 1.29 is 0 Å². The van der Waals surface area contributed by atoms with Crippen molar-refractivity contribution in [1.29, 1.82) is 10.5 Å². The largest absolute Gasteiger partial charge is 0.192 e. The highest BCUT2D eigenvalue weighted by Crippen LogP contribution is 2.50. The monoisotopic (exact) mass is 432 g/mol. The minimum absolute atomic E-state index is 0.0726. The fourth-order valence-electron chi connectivity index (χ4n) is 5.31. The second-order valence-corrected chi connectivity index (χ2v) is 11.5. The first-order valence-electron chi connectivity index (χ1n) is 11.6. The standard InChI is InChI=1S/C31H32N2/c1-29(2,3)26-10-8-9-21(25(26)19-33)17-30(4,5)22-12-14-24-23-13-11-20(18-32)15-27(23)31(6,7)28(24)16-22/h8-16H,17H2,1-7H3. The van der Waals surface area contributed by atoms with Gasteiger partial charge in [0.1, 0.15) is 0 Å². The van der Waals surface area contributed by atoms with E-state index in [1.807, 2.05) is 12.1 Å². The van der Waals surface area contributed by atoms with Gasteiger partial charge in [-0.2, -0.15) is 10.5 Å². The summed E-state index contributed by atoms with van der Waals surface area (Å²) in [4.78, 5) is 0. The van der Waals surface area contributed by atoms with Gasteiger partial charge in [-0.3, -0.25) is 0 Å². The maximum absolute atomic E-state index is 10.00. The average molecular weight is 433 g/mol. The molecular weight excluding hydrogens is 400 g/mol. The van der Waals surface area contributed by atoms with Crippen LogP contribution in [0.2, 0.25) is 0 Å². The van der Waals surface area contributed by atoms with E-state index < -0.39 is 0 Å². The van der Waals surface area contributed by atoms with E-state index in [2.05, 4.69) is 103 Å². The maximum atomic E-state index is 10.00. The molecule has 0 heterocycles. The molecule has 3 aromatic carbocycles. The van der Waals surface area contributed by atoms with Gasteiger partial charge in [0.2, 0.25) is 0 Å². The Morgan fingerprint density at radius 1 is 0.788 bits per heavy atom. The van der Waals surface area contributed by atoms with Crippen molar-refractivity contribution in [3.8, 4) is 23.3 Å². The van der Waals surface area contributed by atoms with Crippen LogP contribution in [0.15, 0.2) is 54.6 Å². The normalized spacial score (nSPS) is 14.2. The summed E-state index contributed by atoms with van der Waals surface area (Å²) in [7, 11) is 0. The van der Waals surface area contributed by atoms with E-state index in [-0.39, 0.29) is 16.2 Å². The van der Waals surface area contributed by atoms with Crippen molar-refractivity contribution in [2.24, 2.45) is 0 Å². The molecule has 0 radical (unpaired) electrons. The van der Waals surface area contributed by atoms with E-state index >= 15 is 0 Å². The molecule has 0 amide bonds. The van der Waals surface area contributed by atoms with E-state index in [1.54, 1.807) is 0 Å². The van der Waals surface area contributed by atoms with Gasteiger partial charge in [-0.05, 0) is 68.3 Å². The van der Waals surface area contributed by atoms with Crippen molar-refractivity contribution in [3.63, 3.8) is 0 Å². The van der Waals surface area contributed by atoms with Crippen molar-refractivity contribution in [3.05, 3.63) is 93.5 Å². The van der Waals surface area contributed by atoms with E-state index in [4.69, 9.17) is 0 Å². The Hall–Kier alpha value is -3.36. The van der Waals surface area contributed by atoms with Crippen LogP contribution in [0.4, 0.5) is 0 Å². The molecular formula is C31H32N2. The van der Waals surface area contributed by atoms with Gasteiger partial charge in [-0.25, -0.2) is 0 Å². The summed E-state index contributed by atoms with van der Waals surface area (Å²) >= 11 is 0. The Balaban J connectivity index is 1.77. The topological polar surface area (TPSA) is 47.6 Å². The fraction of sp³-hybridized carbons (Fsp3) is 0.355. The summed E-state index contributed by atoms with van der Waals surface area (Å²) in [5.74, 6) is 0. The number of hydrogen-bond donors (Lipinski definition) is 0. The Morgan fingerprint density at radius 3 is 2.03 bits per heavy atom. The van der Waals surface area contributed by atoms with Crippen molar-refractivity contribution in [2.45, 2.75) is 71.1 Å². The van der Waals surface area contributed by atoms with Crippen LogP contribution in [0.5, 0.6) is 0 Å². The minimum Gasteiger partial charge on any atom is -0.192 e. The lowest BCUT2D eigenvalue weighted by atomic mass is 9.74. The molecule has 1 aliphatic rings. The summed E-state index contributed by atoms with van der Waals surface area (Å²) in [6.07, 6.45) is 0.796. The highest BCUT2D eigenvalue weighted by molar-refractivity contribution is 5.81. The molecule has 166 valence electrons. The highest BCUT2D eigenvalue weighted by Gasteiger charge is 2.37. The van der Waals surface area contributed by atoms with Crippen LogP contribution in [0, 0.1) is 22.7 Å². The average Bonchev–Trinajstić information content (AvgIpc) is 2.99. The van der Waals surface area contributed by atoms with Gasteiger partial charge in [0.15, 0.2) is 0 Å². The van der Waals surface area contributed by atoms with Crippen LogP contribution in [0.3, 0.4) is 0 Å². The Morgan fingerprint density at radius 2 is 1.42 bits per heavy atom. The van der Waals surface area contributed by atoms with Crippen molar-refractivity contribution in [2.75, 3.05) is 0 Å². The number of hydrogen-bond acceptors (Lipinski definition) is 2. The molecule has 0 fully saturated rings. The van der Waals surface area contributed by atoms with E-state index in [9.17, 15) is 10.5 Å². The smallest absolute Gasteiger partial charge is 0.0997 e. The first kappa shape index (κ1) is 22.8. The summed E-state index contributed by atoms with van der Waals surface area (Å²) in [6.45, 7) is 15.5. The summed E-state index contributed by atoms with van der Waals surface area (Å²) < 4.78 is 0. The molecule has 0 spiro atoms. The molecule has 0 unspecified atom stereocenters. The molecule has 2 heteroatoms.